The van der Waals surface area contributed by atoms with Crippen molar-refractivity contribution >= 4 is 29.2 Å². The first-order valence-electron chi connectivity index (χ1n) is 4.56. The van der Waals surface area contributed by atoms with E-state index in [9.17, 15) is 9.59 Å². The lowest BCUT2D eigenvalue weighted by molar-refractivity contribution is -0.135. The van der Waals surface area contributed by atoms with Crippen molar-refractivity contribution in [2.24, 2.45) is 0 Å². The van der Waals surface area contributed by atoms with Gasteiger partial charge in [-0.1, -0.05) is 11.6 Å². The van der Waals surface area contributed by atoms with Gasteiger partial charge < -0.3 is 10.4 Å². The third kappa shape index (κ3) is 4.77. The van der Waals surface area contributed by atoms with Gasteiger partial charge in [0.2, 0.25) is 5.91 Å². The number of nitrogens with one attached hydrogen (secondary N) is 2. The Bertz CT molecular complexity index is 378. The third-order valence-electron chi connectivity index (χ3n) is 1.69. The van der Waals surface area contributed by atoms with E-state index in [1.807, 2.05) is 0 Å². The zero-order valence-electron chi connectivity index (χ0n) is 8.37. The number of hydrogen-bond donors (Lipinski definition) is 3. The van der Waals surface area contributed by atoms with Crippen molar-refractivity contribution < 1.29 is 14.7 Å². The Hall–Kier alpha value is -1.59. The van der Waals surface area contributed by atoms with Crippen molar-refractivity contribution in [3.05, 3.63) is 29.3 Å². The Kier molecular flexibility index (Phi) is 4.75. The number of hydrogen-bond acceptors (Lipinski definition) is 3. The van der Waals surface area contributed by atoms with Gasteiger partial charge in [-0.05, 0) is 24.3 Å². The molecule has 1 amide bonds. The molecule has 0 unspecified atom stereocenters. The minimum atomic E-state index is -1.00. The number of halogens is 1. The normalized spacial score (nSPS) is 9.81. The summed E-state index contributed by atoms with van der Waals surface area (Å²) in [4.78, 5) is 21.4. The Labute approximate surface area is 97.4 Å². The maximum Gasteiger partial charge on any atom is 0.317 e. The van der Waals surface area contributed by atoms with Crippen LogP contribution in [0.25, 0.3) is 0 Å². The fraction of sp³-hybridized carbons (Fsp3) is 0.200. The molecule has 5 nitrogen and oxygen atoms in total. The Morgan fingerprint density at radius 2 is 1.81 bits per heavy atom. The number of carboxylic acids is 1. The van der Waals surface area contributed by atoms with Crippen molar-refractivity contribution in [1.82, 2.24) is 5.32 Å². The summed E-state index contributed by atoms with van der Waals surface area (Å²) >= 11 is 5.68. The van der Waals surface area contributed by atoms with E-state index >= 15 is 0 Å². The lowest BCUT2D eigenvalue weighted by Gasteiger charge is -2.05. The molecule has 0 spiro atoms. The van der Waals surface area contributed by atoms with Crippen LogP contribution in [0.4, 0.5) is 5.69 Å². The predicted octanol–water partition coefficient (Wildman–Crippen LogP) is 0.953. The average molecular weight is 243 g/mol. The Balaban J connectivity index is 2.34. The van der Waals surface area contributed by atoms with Crippen LogP contribution in [0.15, 0.2) is 24.3 Å². The number of rotatable bonds is 5. The van der Waals surface area contributed by atoms with E-state index in [2.05, 4.69) is 10.6 Å². The molecule has 0 bridgehead atoms. The van der Waals surface area contributed by atoms with Gasteiger partial charge >= 0.3 is 5.97 Å². The van der Waals surface area contributed by atoms with Gasteiger partial charge in [-0.2, -0.15) is 0 Å². The van der Waals surface area contributed by atoms with Crippen LogP contribution in [0.3, 0.4) is 0 Å². The summed E-state index contributed by atoms with van der Waals surface area (Å²) in [5.41, 5.74) is 0.617. The van der Waals surface area contributed by atoms with E-state index < -0.39 is 5.97 Å². The summed E-state index contributed by atoms with van der Waals surface area (Å²) in [7, 11) is 0. The second-order valence-corrected chi connectivity index (χ2v) is 3.49. The molecule has 1 rings (SSSR count). The van der Waals surface area contributed by atoms with Crippen LogP contribution >= 0.6 is 11.6 Å². The zero-order valence-corrected chi connectivity index (χ0v) is 9.12. The van der Waals surface area contributed by atoms with Crippen molar-refractivity contribution in [2.45, 2.75) is 0 Å². The maximum absolute atomic E-state index is 11.3. The van der Waals surface area contributed by atoms with Crippen LogP contribution in [0.2, 0.25) is 5.02 Å². The topological polar surface area (TPSA) is 78.4 Å². The van der Waals surface area contributed by atoms with Crippen molar-refractivity contribution in [3.63, 3.8) is 0 Å². The molecule has 0 saturated carbocycles. The lowest BCUT2D eigenvalue weighted by Crippen LogP contribution is -2.31. The van der Waals surface area contributed by atoms with Crippen LogP contribution in [0.5, 0.6) is 0 Å². The zero-order chi connectivity index (χ0) is 12.0. The predicted molar refractivity (Wildman–Crippen MR) is 60.6 cm³/mol. The lowest BCUT2D eigenvalue weighted by atomic mass is 10.3. The van der Waals surface area contributed by atoms with E-state index in [0.717, 1.165) is 0 Å². The third-order valence-corrected chi connectivity index (χ3v) is 1.94. The number of aliphatic carboxylic acids is 1. The van der Waals surface area contributed by atoms with E-state index in [4.69, 9.17) is 16.7 Å². The van der Waals surface area contributed by atoms with Gasteiger partial charge in [-0.25, -0.2) is 0 Å². The van der Waals surface area contributed by atoms with E-state index in [1.165, 1.54) is 0 Å². The fourth-order valence-electron chi connectivity index (χ4n) is 1.02. The molecule has 86 valence electrons. The molecule has 0 aliphatic rings. The number of carbonyl (C=O) groups is 2. The smallest absolute Gasteiger partial charge is 0.317 e. The quantitative estimate of drug-likeness (QED) is 0.719. The van der Waals surface area contributed by atoms with Gasteiger partial charge in [0.05, 0.1) is 13.1 Å². The average Bonchev–Trinajstić information content (AvgIpc) is 2.21. The van der Waals surface area contributed by atoms with Crippen molar-refractivity contribution in [3.8, 4) is 0 Å². The molecular weight excluding hydrogens is 232 g/mol. The molecule has 3 N–H and O–H groups in total. The second-order valence-electron chi connectivity index (χ2n) is 3.05. The highest BCUT2D eigenvalue weighted by atomic mass is 35.5. The number of anilines is 1. The molecular formula is C10H11ClN2O3. The first-order chi connectivity index (χ1) is 7.58. The first-order valence-corrected chi connectivity index (χ1v) is 4.93. The monoisotopic (exact) mass is 242 g/mol. The minimum Gasteiger partial charge on any atom is -0.480 e. The van der Waals surface area contributed by atoms with Crippen molar-refractivity contribution in [2.75, 3.05) is 18.4 Å². The highest BCUT2D eigenvalue weighted by Gasteiger charge is 2.03. The SMILES string of the molecule is O=C(O)CNCC(=O)Nc1ccc(Cl)cc1. The van der Waals surface area contributed by atoms with Crippen LogP contribution < -0.4 is 10.6 Å². The number of amides is 1. The summed E-state index contributed by atoms with van der Waals surface area (Å²) in [6.45, 7) is -0.289. The van der Waals surface area contributed by atoms with Gasteiger partial charge in [-0.3, -0.25) is 14.9 Å². The molecule has 0 heterocycles. The van der Waals surface area contributed by atoms with Gasteiger partial charge in [0.1, 0.15) is 0 Å². The van der Waals surface area contributed by atoms with Crippen LogP contribution in [0.1, 0.15) is 0 Å². The van der Waals surface area contributed by atoms with E-state index in [-0.39, 0.29) is 19.0 Å². The first kappa shape index (κ1) is 12.5. The molecule has 0 fully saturated rings. The molecule has 0 aliphatic carbocycles. The minimum absolute atomic E-state index is 0.0467. The summed E-state index contributed by atoms with van der Waals surface area (Å²) in [5.74, 6) is -1.30. The molecule has 6 heteroatoms. The molecule has 1 aromatic rings. The number of carbonyl (C=O) groups excluding carboxylic acids is 1. The second kappa shape index (κ2) is 6.09. The van der Waals surface area contributed by atoms with Crippen LogP contribution in [-0.2, 0) is 9.59 Å². The van der Waals surface area contributed by atoms with Crippen LogP contribution in [-0.4, -0.2) is 30.1 Å². The van der Waals surface area contributed by atoms with Gasteiger partial charge in [0.25, 0.3) is 0 Å². The van der Waals surface area contributed by atoms with Gasteiger partial charge in [-0.15, -0.1) is 0 Å². The standard InChI is InChI=1S/C10H11ClN2O3/c11-7-1-3-8(4-2-7)13-9(14)5-12-6-10(15)16/h1-4,12H,5-6H2,(H,13,14)(H,15,16). The number of carboxylic acid groups (broad SMARTS) is 1. The largest absolute Gasteiger partial charge is 0.480 e. The molecule has 0 radical (unpaired) electrons. The van der Waals surface area contributed by atoms with Crippen molar-refractivity contribution in [1.29, 1.82) is 0 Å². The highest BCUT2D eigenvalue weighted by molar-refractivity contribution is 6.30. The van der Waals surface area contributed by atoms with E-state index in [1.54, 1.807) is 24.3 Å². The molecule has 0 aliphatic heterocycles. The Morgan fingerprint density at radius 1 is 1.19 bits per heavy atom. The molecule has 1 aromatic carbocycles. The number of benzene rings is 1. The summed E-state index contributed by atoms with van der Waals surface area (Å²) in [5, 5.41) is 14.0. The summed E-state index contributed by atoms with van der Waals surface area (Å²) < 4.78 is 0. The summed E-state index contributed by atoms with van der Waals surface area (Å²) in [6.07, 6.45) is 0. The van der Waals surface area contributed by atoms with Crippen LogP contribution in [0, 0.1) is 0 Å². The van der Waals surface area contributed by atoms with Gasteiger partial charge in [0.15, 0.2) is 0 Å². The molecule has 0 aromatic heterocycles. The fourth-order valence-corrected chi connectivity index (χ4v) is 1.15. The Morgan fingerprint density at radius 3 is 2.38 bits per heavy atom. The maximum atomic E-state index is 11.3. The van der Waals surface area contributed by atoms with E-state index in [0.29, 0.717) is 10.7 Å². The van der Waals surface area contributed by atoms with Gasteiger partial charge in [0, 0.05) is 10.7 Å². The molecule has 16 heavy (non-hydrogen) atoms. The molecule has 0 atom stereocenters. The highest BCUT2D eigenvalue weighted by Crippen LogP contribution is 2.12. The summed E-state index contributed by atoms with van der Waals surface area (Å²) in [6, 6.07) is 6.64. The molecule has 0 saturated heterocycles.